The Morgan fingerprint density at radius 2 is 1.91 bits per heavy atom. The molecular weight excluding hydrogens is 451 g/mol. The molecule has 2 aromatic carbocycles. The minimum Gasteiger partial charge on any atom is -0.493 e. The van der Waals surface area contributed by atoms with Crippen molar-refractivity contribution < 1.29 is 32.1 Å². The summed E-state index contributed by atoms with van der Waals surface area (Å²) in [4.78, 5) is 8.39. The van der Waals surface area contributed by atoms with Gasteiger partial charge < -0.3 is 24.3 Å². The van der Waals surface area contributed by atoms with E-state index < -0.39 is 41.1 Å². The molecule has 2 saturated heterocycles. The summed E-state index contributed by atoms with van der Waals surface area (Å²) in [7, 11) is 1.46. The molecule has 4 atom stereocenters. The van der Waals surface area contributed by atoms with Crippen LogP contribution in [0.4, 0.5) is 24.7 Å². The maximum absolute atomic E-state index is 14.3. The van der Waals surface area contributed by atoms with Crippen LogP contribution in [0.5, 0.6) is 11.5 Å². The third kappa shape index (κ3) is 3.58. The number of hydrogen-bond donors (Lipinski definition) is 1. The van der Waals surface area contributed by atoms with Crippen molar-refractivity contribution in [3.8, 4) is 11.5 Å². The molecule has 2 aliphatic heterocycles. The first kappa shape index (κ1) is 21.0. The lowest BCUT2D eigenvalue weighted by molar-refractivity contribution is 0.0271. The van der Waals surface area contributed by atoms with E-state index in [-0.39, 0.29) is 24.7 Å². The first-order valence-electron chi connectivity index (χ1n) is 9.73. The van der Waals surface area contributed by atoms with E-state index in [0.29, 0.717) is 22.4 Å². The Balaban J connectivity index is 1.47. The third-order valence-electron chi connectivity index (χ3n) is 5.43. The number of hydrogen-bond acceptors (Lipinski definition) is 7. The van der Waals surface area contributed by atoms with E-state index in [1.54, 1.807) is 12.1 Å². The van der Waals surface area contributed by atoms with Crippen molar-refractivity contribution in [1.82, 2.24) is 9.97 Å². The van der Waals surface area contributed by atoms with Crippen LogP contribution in [0.2, 0.25) is 5.02 Å². The lowest BCUT2D eigenvalue weighted by Crippen LogP contribution is -2.33. The summed E-state index contributed by atoms with van der Waals surface area (Å²) < 4.78 is 64.1. The first-order valence-corrected chi connectivity index (χ1v) is 10.1. The smallest absolute Gasteiger partial charge is 0.168 e. The number of methoxy groups -OCH3 is 1. The molecule has 1 aromatic heterocycles. The van der Waals surface area contributed by atoms with Crippen molar-refractivity contribution in [1.29, 1.82) is 0 Å². The highest BCUT2D eigenvalue weighted by Crippen LogP contribution is 2.38. The molecule has 0 spiro atoms. The van der Waals surface area contributed by atoms with Crippen LogP contribution in [-0.2, 0) is 9.47 Å². The molecule has 2 fully saturated rings. The molecule has 2 aliphatic rings. The molecule has 5 rings (SSSR count). The van der Waals surface area contributed by atoms with Gasteiger partial charge in [0.05, 0.1) is 31.5 Å². The van der Waals surface area contributed by atoms with Crippen molar-refractivity contribution in [2.75, 3.05) is 25.6 Å². The number of halogens is 4. The Hall–Kier alpha value is -2.82. The summed E-state index contributed by atoms with van der Waals surface area (Å²) in [5.74, 6) is -0.838. The van der Waals surface area contributed by atoms with Crippen LogP contribution in [0.3, 0.4) is 0 Å². The Labute approximate surface area is 185 Å². The predicted molar refractivity (Wildman–Crippen MR) is 110 cm³/mol. The highest BCUT2D eigenvalue weighted by atomic mass is 35.5. The standard InChI is InChI=1S/C21H17ClF3N3O4/c1-29-14-4-9-13(5-15(14)32-16-7-31-19-11(24)6-30-20(16)19)26-8-27-21(9)28-12-3-2-10(23)17(22)18(12)25/h2-5,8,11,16,19-20H,6-7H2,1H3,(H,26,27,28)/t11-,16?,19+,20+/m1/s1. The molecule has 0 bridgehead atoms. The van der Waals surface area contributed by atoms with Crippen LogP contribution in [0.15, 0.2) is 30.6 Å². The fourth-order valence-corrected chi connectivity index (χ4v) is 4.01. The number of nitrogens with zero attached hydrogens (tertiary/aromatic N) is 2. The van der Waals surface area contributed by atoms with Crippen molar-refractivity contribution in [2.24, 2.45) is 0 Å². The van der Waals surface area contributed by atoms with Crippen LogP contribution in [-0.4, -0.2) is 54.8 Å². The van der Waals surface area contributed by atoms with E-state index in [0.717, 1.165) is 6.07 Å². The van der Waals surface area contributed by atoms with E-state index in [1.165, 1.54) is 19.5 Å². The van der Waals surface area contributed by atoms with Crippen LogP contribution < -0.4 is 14.8 Å². The molecule has 0 amide bonds. The van der Waals surface area contributed by atoms with E-state index in [4.69, 9.17) is 30.5 Å². The van der Waals surface area contributed by atoms with E-state index in [1.807, 2.05) is 0 Å². The number of benzene rings is 2. The maximum atomic E-state index is 14.3. The maximum Gasteiger partial charge on any atom is 0.168 e. The van der Waals surface area contributed by atoms with Gasteiger partial charge in [0.15, 0.2) is 29.6 Å². The summed E-state index contributed by atoms with van der Waals surface area (Å²) in [6.07, 6.45) is -1.58. The van der Waals surface area contributed by atoms with Crippen LogP contribution in [0.1, 0.15) is 0 Å². The van der Waals surface area contributed by atoms with Gasteiger partial charge in [-0.2, -0.15) is 0 Å². The zero-order valence-electron chi connectivity index (χ0n) is 16.6. The van der Waals surface area contributed by atoms with E-state index >= 15 is 0 Å². The monoisotopic (exact) mass is 467 g/mol. The fraction of sp³-hybridized carbons (Fsp3) is 0.333. The Morgan fingerprint density at radius 3 is 2.72 bits per heavy atom. The van der Waals surface area contributed by atoms with Crippen LogP contribution in [0, 0.1) is 11.6 Å². The number of rotatable bonds is 5. The average molecular weight is 468 g/mol. The van der Waals surface area contributed by atoms with Crippen molar-refractivity contribution in [3.63, 3.8) is 0 Å². The quantitative estimate of drug-likeness (QED) is 0.564. The predicted octanol–water partition coefficient (Wildman–Crippen LogP) is 4.20. The number of aromatic nitrogens is 2. The number of nitrogens with one attached hydrogen (secondary N) is 1. The first-order chi connectivity index (χ1) is 15.5. The average Bonchev–Trinajstić information content (AvgIpc) is 3.37. The zero-order chi connectivity index (χ0) is 22.4. The van der Waals surface area contributed by atoms with Gasteiger partial charge in [0.25, 0.3) is 0 Å². The van der Waals surface area contributed by atoms with E-state index in [2.05, 4.69) is 15.3 Å². The minimum absolute atomic E-state index is 0.0315. The van der Waals surface area contributed by atoms with Gasteiger partial charge in [0.2, 0.25) is 0 Å². The fourth-order valence-electron chi connectivity index (χ4n) is 3.85. The summed E-state index contributed by atoms with van der Waals surface area (Å²) >= 11 is 5.66. The molecule has 168 valence electrons. The van der Waals surface area contributed by atoms with Crippen LogP contribution >= 0.6 is 11.6 Å². The number of fused-ring (bicyclic) bond motifs is 2. The largest absolute Gasteiger partial charge is 0.493 e. The SMILES string of the molecule is COc1cc2c(Nc3ccc(F)c(Cl)c3F)ncnc2cc1OC1CO[C@H]2[C@H](F)CO[C@@H]12. The molecule has 0 aliphatic carbocycles. The molecule has 32 heavy (non-hydrogen) atoms. The Kier molecular flexibility index (Phi) is 5.44. The van der Waals surface area contributed by atoms with Gasteiger partial charge in [0.1, 0.15) is 35.2 Å². The van der Waals surface area contributed by atoms with Crippen molar-refractivity contribution >= 4 is 34.0 Å². The topological polar surface area (TPSA) is 74.7 Å². The normalized spacial score (nSPS) is 24.5. The van der Waals surface area contributed by atoms with Gasteiger partial charge in [-0.15, -0.1) is 0 Å². The summed E-state index contributed by atoms with van der Waals surface area (Å²) in [6.45, 7) is 0.147. The third-order valence-corrected chi connectivity index (χ3v) is 5.78. The molecule has 0 saturated carbocycles. The van der Waals surface area contributed by atoms with Crippen molar-refractivity contribution in [2.45, 2.75) is 24.5 Å². The molecule has 0 radical (unpaired) electrons. The number of anilines is 2. The van der Waals surface area contributed by atoms with Gasteiger partial charge in [-0.25, -0.2) is 23.1 Å². The number of alkyl halides is 1. The Morgan fingerprint density at radius 1 is 1.09 bits per heavy atom. The minimum atomic E-state index is -1.19. The molecule has 1 N–H and O–H groups in total. The highest BCUT2D eigenvalue weighted by molar-refractivity contribution is 6.31. The summed E-state index contributed by atoms with van der Waals surface area (Å²) in [6, 6.07) is 5.52. The second-order valence-corrected chi connectivity index (χ2v) is 7.74. The van der Waals surface area contributed by atoms with Gasteiger partial charge in [0, 0.05) is 11.5 Å². The van der Waals surface area contributed by atoms with Gasteiger partial charge in [-0.1, -0.05) is 11.6 Å². The van der Waals surface area contributed by atoms with Gasteiger partial charge >= 0.3 is 0 Å². The van der Waals surface area contributed by atoms with Crippen molar-refractivity contribution in [3.05, 3.63) is 47.2 Å². The lowest BCUT2D eigenvalue weighted by atomic mass is 10.1. The highest BCUT2D eigenvalue weighted by Gasteiger charge is 2.49. The van der Waals surface area contributed by atoms with E-state index in [9.17, 15) is 13.2 Å². The molecule has 3 heterocycles. The summed E-state index contributed by atoms with van der Waals surface area (Å²) in [5.41, 5.74) is 0.419. The lowest BCUT2D eigenvalue weighted by Gasteiger charge is -2.20. The molecular formula is C21H17ClF3N3O4. The van der Waals surface area contributed by atoms with Gasteiger partial charge in [-0.3, -0.25) is 0 Å². The molecule has 3 aromatic rings. The number of ether oxygens (including phenoxy) is 4. The zero-order valence-corrected chi connectivity index (χ0v) is 17.4. The van der Waals surface area contributed by atoms with Gasteiger partial charge in [-0.05, 0) is 18.2 Å². The molecule has 11 heteroatoms. The second-order valence-electron chi connectivity index (χ2n) is 7.36. The molecule has 7 nitrogen and oxygen atoms in total. The Bertz CT molecular complexity index is 1180. The van der Waals surface area contributed by atoms with Crippen LogP contribution in [0.25, 0.3) is 10.9 Å². The molecule has 1 unspecified atom stereocenters. The second kappa shape index (κ2) is 8.27. The summed E-state index contributed by atoms with van der Waals surface area (Å²) in [5, 5.41) is 2.68.